The third-order valence-corrected chi connectivity index (χ3v) is 3.45. The smallest absolute Gasteiger partial charge is 0.134 e. The molecule has 0 amide bonds. The number of carbonyl (C=O) groups excluding carboxylic acids is 1. The summed E-state index contributed by atoms with van der Waals surface area (Å²) in [5.74, 6) is 1.81. The van der Waals surface area contributed by atoms with Gasteiger partial charge in [0.25, 0.3) is 0 Å². The van der Waals surface area contributed by atoms with E-state index in [0.717, 1.165) is 0 Å². The first-order valence-electron chi connectivity index (χ1n) is 4.46. The number of ketones is 1. The molecule has 0 aromatic rings. The molecule has 0 saturated heterocycles. The van der Waals surface area contributed by atoms with E-state index in [1.165, 1.54) is 19.3 Å². The number of nitrogens with two attached hydrogens (primary N) is 1. The fourth-order valence-electron chi connectivity index (χ4n) is 2.94. The molecule has 2 aliphatic carbocycles. The molecule has 2 nitrogen and oxygen atoms in total. The van der Waals surface area contributed by atoms with Crippen LogP contribution in [0.2, 0.25) is 0 Å². The number of hydrogen-bond acceptors (Lipinski definition) is 2. The molecule has 4 atom stereocenters. The highest BCUT2D eigenvalue weighted by atomic mass is 16.1. The molecule has 0 radical (unpaired) electrons. The maximum atomic E-state index is 11.2. The molecule has 2 unspecified atom stereocenters. The average Bonchev–Trinajstić information content (AvgIpc) is 2.44. The largest absolute Gasteiger partial charge is 0.327 e. The van der Waals surface area contributed by atoms with E-state index in [9.17, 15) is 4.79 Å². The van der Waals surface area contributed by atoms with Gasteiger partial charge in [0, 0.05) is 12.0 Å². The van der Waals surface area contributed by atoms with Gasteiger partial charge >= 0.3 is 0 Å². The fourth-order valence-corrected chi connectivity index (χ4v) is 2.94. The predicted octanol–water partition coefficient (Wildman–Crippen LogP) is 0.949. The lowest BCUT2D eigenvalue weighted by molar-refractivity contribution is -0.122. The van der Waals surface area contributed by atoms with Crippen LogP contribution in [0.1, 0.15) is 26.2 Å². The van der Waals surface area contributed by atoms with E-state index in [4.69, 9.17) is 5.73 Å². The zero-order valence-corrected chi connectivity index (χ0v) is 6.92. The van der Waals surface area contributed by atoms with Gasteiger partial charge < -0.3 is 5.73 Å². The number of Topliss-reactive ketones (excluding diaryl/α,β-unsaturated/α-hetero) is 1. The molecular weight excluding hydrogens is 138 g/mol. The van der Waals surface area contributed by atoms with E-state index >= 15 is 0 Å². The fraction of sp³-hybridized carbons (Fsp3) is 0.889. The molecule has 2 saturated carbocycles. The third-order valence-electron chi connectivity index (χ3n) is 3.45. The summed E-state index contributed by atoms with van der Waals surface area (Å²) in [7, 11) is 0. The van der Waals surface area contributed by atoms with E-state index < -0.39 is 0 Å². The Labute approximate surface area is 67.1 Å². The molecule has 2 heteroatoms. The minimum Gasteiger partial charge on any atom is -0.327 e. The van der Waals surface area contributed by atoms with Crippen molar-refractivity contribution >= 4 is 5.78 Å². The van der Waals surface area contributed by atoms with Gasteiger partial charge in [0.2, 0.25) is 0 Å². The molecule has 2 fully saturated rings. The Kier molecular flexibility index (Phi) is 1.53. The van der Waals surface area contributed by atoms with E-state index in [1.807, 2.05) is 0 Å². The SMILES string of the molecule is CC(=O)C1C(N)[C@H]2CC[C@@H]1C2. The second kappa shape index (κ2) is 2.31. The summed E-state index contributed by atoms with van der Waals surface area (Å²) in [6.45, 7) is 1.69. The van der Waals surface area contributed by atoms with Gasteiger partial charge in [0.05, 0.1) is 0 Å². The van der Waals surface area contributed by atoms with Gasteiger partial charge in [-0.2, -0.15) is 0 Å². The second-order valence-electron chi connectivity index (χ2n) is 4.05. The van der Waals surface area contributed by atoms with Crippen molar-refractivity contribution < 1.29 is 4.79 Å². The summed E-state index contributed by atoms with van der Waals surface area (Å²) in [6.07, 6.45) is 3.71. The van der Waals surface area contributed by atoms with E-state index in [1.54, 1.807) is 6.92 Å². The van der Waals surface area contributed by atoms with Gasteiger partial charge in [0.15, 0.2) is 0 Å². The first-order chi connectivity index (χ1) is 5.20. The predicted molar refractivity (Wildman–Crippen MR) is 43.0 cm³/mol. The van der Waals surface area contributed by atoms with Crippen molar-refractivity contribution in [2.45, 2.75) is 32.2 Å². The van der Waals surface area contributed by atoms with Crippen molar-refractivity contribution in [2.75, 3.05) is 0 Å². The Hall–Kier alpha value is -0.370. The second-order valence-corrected chi connectivity index (χ2v) is 4.05. The molecule has 0 spiro atoms. The molecule has 0 heterocycles. The zero-order valence-electron chi connectivity index (χ0n) is 6.92. The quantitative estimate of drug-likeness (QED) is 0.609. The molecule has 0 aromatic carbocycles. The molecule has 0 aromatic heterocycles. The van der Waals surface area contributed by atoms with Crippen LogP contribution in [-0.2, 0) is 4.79 Å². The standard InChI is InChI=1S/C9H15NO/c1-5(11)8-6-2-3-7(4-6)9(8)10/h6-9H,2-4,10H2,1H3/t6-,7+,8?,9?/m1/s1. The minimum absolute atomic E-state index is 0.186. The third kappa shape index (κ3) is 0.924. The average molecular weight is 153 g/mol. The van der Waals surface area contributed by atoms with Crippen LogP contribution in [0.4, 0.5) is 0 Å². The zero-order chi connectivity index (χ0) is 8.01. The molecule has 2 rings (SSSR count). The summed E-state index contributed by atoms with van der Waals surface area (Å²) in [6, 6.07) is 0.186. The van der Waals surface area contributed by atoms with Crippen LogP contribution in [0.25, 0.3) is 0 Å². The van der Waals surface area contributed by atoms with Gasteiger partial charge in [-0.3, -0.25) is 4.79 Å². The maximum absolute atomic E-state index is 11.2. The molecular formula is C9H15NO. The lowest BCUT2D eigenvalue weighted by Gasteiger charge is -2.25. The molecule has 62 valence electrons. The van der Waals surface area contributed by atoms with Crippen LogP contribution >= 0.6 is 0 Å². The number of rotatable bonds is 1. The number of carbonyl (C=O) groups is 1. The summed E-state index contributed by atoms with van der Waals surface area (Å²) < 4.78 is 0. The number of fused-ring (bicyclic) bond motifs is 2. The summed E-state index contributed by atoms with van der Waals surface area (Å²) in [4.78, 5) is 11.2. The highest BCUT2D eigenvalue weighted by molar-refractivity contribution is 5.80. The molecule has 2 bridgehead atoms. The molecule has 2 N–H and O–H groups in total. The Morgan fingerprint density at radius 1 is 1.36 bits per heavy atom. The van der Waals surface area contributed by atoms with Gasteiger partial charge in [-0.25, -0.2) is 0 Å². The van der Waals surface area contributed by atoms with Crippen LogP contribution < -0.4 is 5.73 Å². The summed E-state index contributed by atoms with van der Waals surface area (Å²) >= 11 is 0. The lowest BCUT2D eigenvalue weighted by Crippen LogP contribution is -2.39. The monoisotopic (exact) mass is 153 g/mol. The van der Waals surface area contributed by atoms with Crippen LogP contribution in [0, 0.1) is 17.8 Å². The Morgan fingerprint density at radius 2 is 2.00 bits per heavy atom. The maximum Gasteiger partial charge on any atom is 0.134 e. The van der Waals surface area contributed by atoms with Crippen molar-refractivity contribution in [1.29, 1.82) is 0 Å². The Balaban J connectivity index is 2.17. The minimum atomic E-state index is 0.186. The van der Waals surface area contributed by atoms with E-state index in [-0.39, 0.29) is 12.0 Å². The Morgan fingerprint density at radius 3 is 2.36 bits per heavy atom. The van der Waals surface area contributed by atoms with Crippen LogP contribution in [0.5, 0.6) is 0 Å². The number of hydrogen-bond donors (Lipinski definition) is 1. The first kappa shape index (κ1) is 7.29. The highest BCUT2D eigenvalue weighted by Gasteiger charge is 2.47. The highest BCUT2D eigenvalue weighted by Crippen LogP contribution is 2.47. The van der Waals surface area contributed by atoms with E-state index in [0.29, 0.717) is 17.6 Å². The van der Waals surface area contributed by atoms with Crippen molar-refractivity contribution in [2.24, 2.45) is 23.5 Å². The van der Waals surface area contributed by atoms with Crippen molar-refractivity contribution in [3.8, 4) is 0 Å². The Bertz CT molecular complexity index is 188. The van der Waals surface area contributed by atoms with Gasteiger partial charge in [-0.1, -0.05) is 0 Å². The summed E-state index contributed by atoms with van der Waals surface area (Å²) in [5, 5.41) is 0. The van der Waals surface area contributed by atoms with Gasteiger partial charge in [0.1, 0.15) is 5.78 Å². The molecule has 0 aliphatic heterocycles. The van der Waals surface area contributed by atoms with Crippen molar-refractivity contribution in [3.05, 3.63) is 0 Å². The topological polar surface area (TPSA) is 43.1 Å². The van der Waals surface area contributed by atoms with Crippen molar-refractivity contribution in [3.63, 3.8) is 0 Å². The van der Waals surface area contributed by atoms with Crippen LogP contribution in [-0.4, -0.2) is 11.8 Å². The normalized spacial score (nSPS) is 48.2. The lowest BCUT2D eigenvalue weighted by atomic mass is 9.83. The van der Waals surface area contributed by atoms with Crippen LogP contribution in [0.3, 0.4) is 0 Å². The van der Waals surface area contributed by atoms with Crippen molar-refractivity contribution in [1.82, 2.24) is 0 Å². The van der Waals surface area contributed by atoms with Crippen LogP contribution in [0.15, 0.2) is 0 Å². The molecule has 11 heavy (non-hydrogen) atoms. The summed E-state index contributed by atoms with van der Waals surface area (Å²) in [5.41, 5.74) is 5.94. The van der Waals surface area contributed by atoms with E-state index in [2.05, 4.69) is 0 Å². The van der Waals surface area contributed by atoms with Gasteiger partial charge in [-0.15, -0.1) is 0 Å². The van der Waals surface area contributed by atoms with Gasteiger partial charge in [-0.05, 0) is 38.0 Å². The first-order valence-corrected chi connectivity index (χ1v) is 4.46. The molecule has 2 aliphatic rings.